The molecule has 14 nitrogen and oxygen atoms in total. The lowest BCUT2D eigenvalue weighted by Crippen LogP contribution is -2.60. The third-order valence-corrected chi connectivity index (χ3v) is 17.9. The first-order valence-corrected chi connectivity index (χ1v) is 24.0. The highest BCUT2D eigenvalue weighted by Gasteiger charge is 2.85. The van der Waals surface area contributed by atoms with Gasteiger partial charge in [0.2, 0.25) is 23.6 Å². The summed E-state index contributed by atoms with van der Waals surface area (Å²) in [5.41, 5.74) is 0.780. The van der Waals surface area contributed by atoms with Crippen LogP contribution in [0.4, 0.5) is 0 Å². The average molecular weight is 860 g/mol. The van der Waals surface area contributed by atoms with Gasteiger partial charge in [-0.1, -0.05) is 76.5 Å². The molecular weight excluding hydrogens is 795 g/mol. The van der Waals surface area contributed by atoms with E-state index in [-0.39, 0.29) is 41.0 Å². The van der Waals surface area contributed by atoms with E-state index in [0.717, 1.165) is 64.3 Å². The number of benzene rings is 1. The van der Waals surface area contributed by atoms with Crippen molar-refractivity contribution in [1.82, 2.24) is 34.8 Å². The standard InChI is InChI=1S/C46H65N7O7S/c1-6-34-25-46(34,42(58)50-61(59,60)52-22-12-13-23-52)49-39(55)35-26-45(43(4,5)44(45)20-14-21-44)29-53(35)41(57)37(30(2)3)48-40(56)38(32-16-8-7-9-17-32)47-36(54)28-51-24-19-31-15-10-11-18-33(31)27-51/h6,10-11,15,18,32,34-35,37-38H,1-2,7-9,12-14,16-17,19-29H2,3-5H3,(H,47,54)(H,48,56)(H,49,55)(H,50,58)/t34-,35+,37+,38+,45-,46-/m1/s1. The quantitative estimate of drug-likeness (QED) is 0.206. The number of carbonyl (C=O) groups is 5. The van der Waals surface area contributed by atoms with Gasteiger partial charge in [0.05, 0.1) is 6.54 Å². The Balaban J connectivity index is 1.01. The molecule has 15 heteroatoms. The van der Waals surface area contributed by atoms with Gasteiger partial charge in [0.25, 0.3) is 5.91 Å². The van der Waals surface area contributed by atoms with Gasteiger partial charge in [0.15, 0.2) is 0 Å². The first-order valence-electron chi connectivity index (χ1n) is 22.6. The van der Waals surface area contributed by atoms with Crippen LogP contribution < -0.4 is 20.7 Å². The molecule has 1 aromatic rings. The van der Waals surface area contributed by atoms with Crippen LogP contribution in [0.15, 0.2) is 49.1 Å². The zero-order valence-electron chi connectivity index (χ0n) is 36.2. The minimum absolute atomic E-state index is 0.0373. The van der Waals surface area contributed by atoms with Crippen molar-refractivity contribution < 1.29 is 32.4 Å². The summed E-state index contributed by atoms with van der Waals surface area (Å²) in [5, 5.41) is 9.01. The third-order valence-electron chi connectivity index (χ3n) is 16.4. The largest absolute Gasteiger partial charge is 0.343 e. The van der Waals surface area contributed by atoms with Crippen molar-refractivity contribution in [2.24, 2.45) is 28.1 Å². The average Bonchev–Trinajstić information content (AvgIpc) is 3.67. The highest BCUT2D eigenvalue weighted by molar-refractivity contribution is 7.87. The van der Waals surface area contributed by atoms with Crippen molar-refractivity contribution in [2.75, 3.05) is 32.7 Å². The van der Waals surface area contributed by atoms with E-state index in [9.17, 15) is 27.6 Å². The maximum Gasteiger partial charge on any atom is 0.303 e. The number of nitrogens with zero attached hydrogens (tertiary/aromatic N) is 3. The van der Waals surface area contributed by atoms with Gasteiger partial charge < -0.3 is 20.9 Å². The van der Waals surface area contributed by atoms with Crippen molar-refractivity contribution in [3.05, 3.63) is 60.2 Å². The smallest absolute Gasteiger partial charge is 0.303 e. The first-order chi connectivity index (χ1) is 29.0. The molecule has 2 saturated heterocycles. The predicted octanol–water partition coefficient (Wildman–Crippen LogP) is 3.49. The zero-order valence-corrected chi connectivity index (χ0v) is 37.0. The van der Waals surface area contributed by atoms with Crippen LogP contribution in [-0.4, -0.2) is 108 Å². The minimum Gasteiger partial charge on any atom is -0.343 e. The van der Waals surface area contributed by atoms with Gasteiger partial charge in [0, 0.05) is 44.1 Å². The van der Waals surface area contributed by atoms with E-state index in [1.54, 1.807) is 17.9 Å². The molecule has 3 heterocycles. The Morgan fingerprint density at radius 3 is 2.20 bits per heavy atom. The van der Waals surface area contributed by atoms with E-state index >= 15 is 4.79 Å². The van der Waals surface area contributed by atoms with Crippen molar-refractivity contribution in [3.63, 3.8) is 0 Å². The normalized spacial score (nSPS) is 30.0. The predicted molar refractivity (Wildman–Crippen MR) is 230 cm³/mol. The number of amides is 5. The lowest BCUT2D eigenvalue weighted by atomic mass is 9.73. The molecule has 0 unspecified atom stereocenters. The SMILES string of the molecule is C=C[C@@H]1C[C@]1(NC(=O)[C@@H]1C[C@@]2(CN1C(=O)[C@@H](NC(=O)[C@@H](NC(=O)CN1CCc3ccccc3C1)C1CCCCC1)C(=C)C)C(C)(C)C21CCC1)C(=O)NS(=O)(=O)N1CCCC1. The Hall–Kier alpha value is -4.08. The van der Waals surface area contributed by atoms with E-state index in [2.05, 4.69) is 64.7 Å². The minimum atomic E-state index is -4.12. The molecule has 0 aromatic heterocycles. The van der Waals surface area contributed by atoms with Gasteiger partial charge in [-0.15, -0.1) is 6.58 Å². The zero-order chi connectivity index (χ0) is 43.5. The van der Waals surface area contributed by atoms with Crippen LogP contribution >= 0.6 is 0 Å². The molecule has 1 aromatic carbocycles. The molecule has 61 heavy (non-hydrogen) atoms. The Bertz CT molecular complexity index is 2090. The summed E-state index contributed by atoms with van der Waals surface area (Å²) in [5.74, 6) is -3.13. The van der Waals surface area contributed by atoms with E-state index in [1.807, 2.05) is 12.1 Å². The van der Waals surface area contributed by atoms with Crippen LogP contribution in [0.1, 0.15) is 109 Å². The number of likely N-dealkylation sites (tertiary alicyclic amines) is 1. The number of hydrogen-bond donors (Lipinski definition) is 4. The van der Waals surface area contributed by atoms with Gasteiger partial charge in [-0.2, -0.15) is 12.7 Å². The van der Waals surface area contributed by atoms with Crippen LogP contribution in [0.25, 0.3) is 0 Å². The maximum absolute atomic E-state index is 15.0. The van der Waals surface area contributed by atoms with Gasteiger partial charge in [-0.25, -0.2) is 4.72 Å². The lowest BCUT2D eigenvalue weighted by molar-refractivity contribution is -0.142. The molecule has 4 aliphatic carbocycles. The fraction of sp³-hybridized carbons (Fsp3) is 0.674. The van der Waals surface area contributed by atoms with Gasteiger partial charge >= 0.3 is 10.2 Å². The molecule has 4 saturated carbocycles. The highest BCUT2D eigenvalue weighted by atomic mass is 32.2. The second-order valence-electron chi connectivity index (χ2n) is 19.8. The summed E-state index contributed by atoms with van der Waals surface area (Å²) in [6.07, 6.45) is 11.9. The Morgan fingerprint density at radius 2 is 1.59 bits per heavy atom. The summed E-state index contributed by atoms with van der Waals surface area (Å²) < 4.78 is 29.8. The number of nitrogens with one attached hydrogen (secondary N) is 4. The molecule has 5 amide bonds. The lowest BCUT2D eigenvalue weighted by Gasteiger charge is -2.34. The summed E-state index contributed by atoms with van der Waals surface area (Å²) >= 11 is 0. The fourth-order valence-electron chi connectivity index (χ4n) is 12.4. The van der Waals surface area contributed by atoms with Crippen molar-refractivity contribution in [1.29, 1.82) is 0 Å². The summed E-state index contributed by atoms with van der Waals surface area (Å²) in [6.45, 7) is 16.5. The third kappa shape index (κ3) is 7.53. The summed E-state index contributed by atoms with van der Waals surface area (Å²) in [7, 11) is -4.12. The highest BCUT2D eigenvalue weighted by Crippen LogP contribution is 2.88. The second kappa shape index (κ2) is 16.2. The van der Waals surface area contributed by atoms with Crippen molar-refractivity contribution in [2.45, 2.75) is 134 Å². The Labute approximate surface area is 361 Å². The molecule has 3 aliphatic heterocycles. The number of carbonyl (C=O) groups excluding carboxylic acids is 5. The van der Waals surface area contributed by atoms with Crippen LogP contribution in [0, 0.1) is 28.1 Å². The summed E-state index contributed by atoms with van der Waals surface area (Å²) in [4.78, 5) is 75.4. The van der Waals surface area contributed by atoms with Gasteiger partial charge in [-0.05, 0) is 98.2 Å². The number of rotatable bonds is 14. The molecule has 0 bridgehead atoms. The molecule has 6 fully saturated rings. The molecule has 332 valence electrons. The van der Waals surface area contributed by atoms with Crippen LogP contribution in [0.5, 0.6) is 0 Å². The fourth-order valence-corrected chi connectivity index (χ4v) is 13.7. The van der Waals surface area contributed by atoms with E-state index in [0.29, 0.717) is 51.0 Å². The van der Waals surface area contributed by atoms with Crippen molar-refractivity contribution in [3.8, 4) is 0 Å². The first kappa shape index (κ1) is 43.6. The molecule has 8 rings (SSSR count). The van der Waals surface area contributed by atoms with E-state index in [1.165, 1.54) is 15.4 Å². The van der Waals surface area contributed by atoms with Gasteiger partial charge in [-0.3, -0.25) is 28.9 Å². The molecule has 6 atom stereocenters. The van der Waals surface area contributed by atoms with Crippen molar-refractivity contribution >= 4 is 39.7 Å². The topological polar surface area (TPSA) is 177 Å². The molecule has 0 radical (unpaired) electrons. The van der Waals surface area contributed by atoms with Gasteiger partial charge in [0.1, 0.15) is 23.7 Å². The molecule has 4 N–H and O–H groups in total. The van der Waals surface area contributed by atoms with E-state index < -0.39 is 63.4 Å². The monoisotopic (exact) mass is 859 g/mol. The second-order valence-corrected chi connectivity index (χ2v) is 21.5. The Morgan fingerprint density at radius 1 is 0.902 bits per heavy atom. The number of fused-ring (bicyclic) bond motifs is 2. The van der Waals surface area contributed by atoms with Crippen LogP contribution in [0.3, 0.4) is 0 Å². The summed E-state index contributed by atoms with van der Waals surface area (Å²) in [6, 6.07) is 5.22. The molecular formula is C46H65N7O7S. The van der Waals surface area contributed by atoms with Crippen LogP contribution in [-0.2, 0) is 47.1 Å². The number of hydrogen-bond acceptors (Lipinski definition) is 8. The maximum atomic E-state index is 15.0. The molecule has 7 aliphatic rings. The van der Waals surface area contributed by atoms with E-state index in [4.69, 9.17) is 0 Å². The molecule has 2 spiro atoms. The van der Waals surface area contributed by atoms with Crippen LogP contribution in [0.2, 0.25) is 0 Å². The Kier molecular flexibility index (Phi) is 11.6.